The second-order valence-electron chi connectivity index (χ2n) is 4.45. The van der Waals surface area contributed by atoms with Crippen LogP contribution in [0.15, 0.2) is 59.1 Å². The van der Waals surface area contributed by atoms with Crippen LogP contribution in [0.3, 0.4) is 0 Å². The molecule has 0 spiro atoms. The minimum atomic E-state index is -0.645. The SMILES string of the molecule is O[C@H]1c2ccccc2C=C[C@@H]1Oc1ccccc1Br. The molecule has 1 aliphatic carbocycles. The molecule has 0 aliphatic heterocycles. The Morgan fingerprint density at radius 3 is 2.58 bits per heavy atom. The highest BCUT2D eigenvalue weighted by atomic mass is 79.9. The zero-order valence-electron chi connectivity index (χ0n) is 10.2. The molecule has 1 N–H and O–H groups in total. The second-order valence-corrected chi connectivity index (χ2v) is 5.30. The average molecular weight is 317 g/mol. The first-order valence-corrected chi connectivity index (χ1v) is 6.91. The maximum absolute atomic E-state index is 10.4. The lowest BCUT2D eigenvalue weighted by Crippen LogP contribution is -2.26. The van der Waals surface area contributed by atoms with E-state index in [1.54, 1.807) is 0 Å². The van der Waals surface area contributed by atoms with Crippen LogP contribution in [0.5, 0.6) is 5.75 Å². The van der Waals surface area contributed by atoms with E-state index >= 15 is 0 Å². The first-order valence-electron chi connectivity index (χ1n) is 6.12. The fourth-order valence-corrected chi connectivity index (χ4v) is 2.58. The number of fused-ring (bicyclic) bond motifs is 1. The summed E-state index contributed by atoms with van der Waals surface area (Å²) in [5, 5.41) is 10.4. The number of aliphatic hydroxyl groups is 1. The molecule has 2 aromatic rings. The second kappa shape index (κ2) is 5.19. The summed E-state index contributed by atoms with van der Waals surface area (Å²) < 4.78 is 6.76. The molecule has 0 unspecified atom stereocenters. The Bertz CT molecular complexity index is 622. The van der Waals surface area contributed by atoms with E-state index in [9.17, 15) is 5.11 Å². The average Bonchev–Trinajstić information content (AvgIpc) is 2.44. The minimum Gasteiger partial charge on any atom is -0.482 e. The molecule has 19 heavy (non-hydrogen) atoms. The van der Waals surface area contributed by atoms with E-state index < -0.39 is 6.10 Å². The highest BCUT2D eigenvalue weighted by Gasteiger charge is 2.25. The Morgan fingerprint density at radius 2 is 1.74 bits per heavy atom. The third-order valence-corrected chi connectivity index (χ3v) is 3.85. The molecule has 3 heteroatoms. The summed E-state index contributed by atoms with van der Waals surface area (Å²) in [6.45, 7) is 0. The Balaban J connectivity index is 1.87. The Kier molecular flexibility index (Phi) is 3.40. The van der Waals surface area contributed by atoms with Crippen LogP contribution in [0.2, 0.25) is 0 Å². The summed E-state index contributed by atoms with van der Waals surface area (Å²) in [7, 11) is 0. The lowest BCUT2D eigenvalue weighted by atomic mass is 9.93. The number of para-hydroxylation sites is 1. The zero-order chi connectivity index (χ0) is 13.2. The van der Waals surface area contributed by atoms with Crippen molar-refractivity contribution in [1.29, 1.82) is 0 Å². The van der Waals surface area contributed by atoms with E-state index in [-0.39, 0.29) is 6.10 Å². The van der Waals surface area contributed by atoms with Gasteiger partial charge in [0.1, 0.15) is 18.0 Å². The van der Waals surface area contributed by atoms with E-state index in [1.807, 2.05) is 60.7 Å². The van der Waals surface area contributed by atoms with Gasteiger partial charge >= 0.3 is 0 Å². The number of halogens is 1. The largest absolute Gasteiger partial charge is 0.482 e. The predicted molar refractivity (Wildman–Crippen MR) is 79.0 cm³/mol. The standard InChI is InChI=1S/C16H13BrO2/c17-13-7-3-4-8-14(13)19-15-10-9-11-5-1-2-6-12(11)16(15)18/h1-10,15-16,18H/t15-,16-/m0/s1. The van der Waals surface area contributed by atoms with Crippen molar-refractivity contribution in [1.82, 2.24) is 0 Å². The minimum absolute atomic E-state index is 0.367. The Morgan fingerprint density at radius 1 is 1.00 bits per heavy atom. The molecular weight excluding hydrogens is 304 g/mol. The lowest BCUT2D eigenvalue weighted by Gasteiger charge is -2.26. The van der Waals surface area contributed by atoms with Gasteiger partial charge in [-0.3, -0.25) is 0 Å². The van der Waals surface area contributed by atoms with Crippen molar-refractivity contribution < 1.29 is 9.84 Å². The van der Waals surface area contributed by atoms with E-state index in [0.717, 1.165) is 21.3 Å². The molecule has 1 aliphatic rings. The Labute approximate surface area is 120 Å². The van der Waals surface area contributed by atoms with Gasteiger partial charge in [-0.15, -0.1) is 0 Å². The number of rotatable bonds is 2. The highest BCUT2D eigenvalue weighted by Crippen LogP contribution is 2.32. The molecule has 0 heterocycles. The van der Waals surface area contributed by atoms with Gasteiger partial charge in [-0.2, -0.15) is 0 Å². The molecule has 0 amide bonds. The monoisotopic (exact) mass is 316 g/mol. The molecule has 0 fully saturated rings. The molecule has 96 valence electrons. The van der Waals surface area contributed by atoms with Crippen LogP contribution in [-0.4, -0.2) is 11.2 Å². The van der Waals surface area contributed by atoms with Crippen LogP contribution in [0, 0.1) is 0 Å². The summed E-state index contributed by atoms with van der Waals surface area (Å²) in [5.41, 5.74) is 1.95. The van der Waals surface area contributed by atoms with Crippen LogP contribution < -0.4 is 4.74 Å². The molecule has 2 nitrogen and oxygen atoms in total. The van der Waals surface area contributed by atoms with Gasteiger partial charge in [-0.1, -0.05) is 42.5 Å². The summed E-state index contributed by atoms with van der Waals surface area (Å²) in [6.07, 6.45) is 2.87. The van der Waals surface area contributed by atoms with Gasteiger partial charge in [-0.05, 0) is 45.3 Å². The number of benzene rings is 2. The fourth-order valence-electron chi connectivity index (χ4n) is 2.20. The van der Waals surface area contributed by atoms with Crippen LogP contribution in [0.1, 0.15) is 17.2 Å². The van der Waals surface area contributed by atoms with E-state index in [1.165, 1.54) is 0 Å². The number of aliphatic hydroxyl groups excluding tert-OH is 1. The number of ether oxygens (including phenoxy) is 1. The number of hydrogen-bond donors (Lipinski definition) is 1. The highest BCUT2D eigenvalue weighted by molar-refractivity contribution is 9.10. The van der Waals surface area contributed by atoms with Gasteiger partial charge in [-0.25, -0.2) is 0 Å². The van der Waals surface area contributed by atoms with Crippen molar-refractivity contribution in [3.63, 3.8) is 0 Å². The Hall–Kier alpha value is -1.58. The maximum Gasteiger partial charge on any atom is 0.147 e. The molecule has 0 aromatic heterocycles. The smallest absolute Gasteiger partial charge is 0.147 e. The third kappa shape index (κ3) is 2.44. The fraction of sp³-hybridized carbons (Fsp3) is 0.125. The molecular formula is C16H13BrO2. The summed E-state index contributed by atoms with van der Waals surface area (Å²) in [6, 6.07) is 15.4. The molecule has 0 bridgehead atoms. The first kappa shape index (κ1) is 12.5. The van der Waals surface area contributed by atoms with Gasteiger partial charge in [0.05, 0.1) is 4.47 Å². The van der Waals surface area contributed by atoms with Crippen molar-refractivity contribution in [2.24, 2.45) is 0 Å². The molecule has 0 saturated carbocycles. The molecule has 2 atom stereocenters. The van der Waals surface area contributed by atoms with Crippen LogP contribution in [0.4, 0.5) is 0 Å². The van der Waals surface area contributed by atoms with Gasteiger partial charge in [0, 0.05) is 0 Å². The van der Waals surface area contributed by atoms with Crippen molar-refractivity contribution in [2.75, 3.05) is 0 Å². The lowest BCUT2D eigenvalue weighted by molar-refractivity contribution is 0.0619. The zero-order valence-corrected chi connectivity index (χ0v) is 11.7. The van der Waals surface area contributed by atoms with E-state index in [2.05, 4.69) is 15.9 Å². The van der Waals surface area contributed by atoms with Crippen molar-refractivity contribution in [2.45, 2.75) is 12.2 Å². The normalized spacial score (nSPS) is 20.9. The van der Waals surface area contributed by atoms with Crippen LogP contribution in [0.25, 0.3) is 6.08 Å². The maximum atomic E-state index is 10.4. The first-order chi connectivity index (χ1) is 9.25. The summed E-state index contributed by atoms with van der Waals surface area (Å²) in [5.74, 6) is 0.732. The summed E-state index contributed by atoms with van der Waals surface area (Å²) >= 11 is 3.44. The van der Waals surface area contributed by atoms with E-state index in [4.69, 9.17) is 4.74 Å². The van der Waals surface area contributed by atoms with Gasteiger partial charge < -0.3 is 9.84 Å². The van der Waals surface area contributed by atoms with Crippen LogP contribution in [-0.2, 0) is 0 Å². The van der Waals surface area contributed by atoms with Crippen molar-refractivity contribution >= 4 is 22.0 Å². The third-order valence-electron chi connectivity index (χ3n) is 3.19. The molecule has 3 rings (SSSR count). The van der Waals surface area contributed by atoms with Crippen molar-refractivity contribution in [3.8, 4) is 5.75 Å². The predicted octanol–water partition coefficient (Wildman–Crippen LogP) is 3.96. The molecule has 2 aromatic carbocycles. The van der Waals surface area contributed by atoms with E-state index in [0.29, 0.717) is 0 Å². The van der Waals surface area contributed by atoms with Gasteiger partial charge in [0.15, 0.2) is 0 Å². The van der Waals surface area contributed by atoms with Crippen molar-refractivity contribution in [3.05, 3.63) is 70.2 Å². The van der Waals surface area contributed by atoms with Crippen LogP contribution >= 0.6 is 15.9 Å². The summed E-state index contributed by atoms with van der Waals surface area (Å²) in [4.78, 5) is 0. The number of hydrogen-bond acceptors (Lipinski definition) is 2. The quantitative estimate of drug-likeness (QED) is 0.908. The molecule has 0 saturated heterocycles. The topological polar surface area (TPSA) is 29.5 Å². The molecule has 0 radical (unpaired) electrons. The van der Waals surface area contributed by atoms with Gasteiger partial charge in [0.25, 0.3) is 0 Å². The van der Waals surface area contributed by atoms with Gasteiger partial charge in [0.2, 0.25) is 0 Å².